The number of piperidine rings is 1. The average Bonchev–Trinajstić information content (AvgIpc) is 2.97. The Morgan fingerprint density at radius 2 is 1.68 bits per heavy atom. The van der Waals surface area contributed by atoms with Crippen LogP contribution in [0, 0.1) is 6.92 Å². The first kappa shape index (κ1) is 17.5. The van der Waals surface area contributed by atoms with Gasteiger partial charge in [0.2, 0.25) is 0 Å². The summed E-state index contributed by atoms with van der Waals surface area (Å²) in [6.45, 7) is 2.77. The van der Waals surface area contributed by atoms with Crippen molar-refractivity contribution in [2.45, 2.75) is 38.0 Å². The maximum Gasteiger partial charge on any atom is 0.144 e. The van der Waals surface area contributed by atoms with Crippen LogP contribution in [0.5, 0.6) is 5.75 Å². The van der Waals surface area contributed by atoms with Crippen molar-refractivity contribution in [2.75, 3.05) is 13.1 Å². The fraction of sp³-hybridized carbons (Fsp3) is 0.381. The molecule has 2 aliphatic rings. The lowest BCUT2D eigenvalue weighted by Gasteiger charge is -2.36. The minimum Gasteiger partial charge on any atom is -0.506 e. The number of fused-ring (bicyclic) bond motifs is 6. The Hall–Kier alpha value is -2.61. The van der Waals surface area contributed by atoms with Gasteiger partial charge in [0.05, 0.1) is 23.3 Å². The summed E-state index contributed by atoms with van der Waals surface area (Å²) in [5, 5.41) is 31.2. The number of aryl methyl sites for hydroxylation is 1. The highest BCUT2D eigenvalue weighted by Crippen LogP contribution is 2.48. The van der Waals surface area contributed by atoms with Crippen LogP contribution in [0.3, 0.4) is 0 Å². The quantitative estimate of drug-likeness (QED) is 0.641. The molecule has 5 rings (SSSR count). The molecule has 0 radical (unpaired) electrons. The SMILES string of the molecule is Cc1ncc(CO)c([C@@H](O)N2CC3CC(C2)c2cc4nccnc4cc23)c1O. The molecule has 2 bridgehead atoms. The minimum absolute atomic E-state index is 0.0476. The summed E-state index contributed by atoms with van der Waals surface area (Å²) in [4.78, 5) is 14.9. The van der Waals surface area contributed by atoms with Crippen LogP contribution in [0.2, 0.25) is 0 Å². The molecular formula is C21H22N4O3. The van der Waals surface area contributed by atoms with Crippen LogP contribution in [0.25, 0.3) is 11.0 Å². The normalized spacial score (nSPS) is 22.4. The number of rotatable bonds is 3. The largest absolute Gasteiger partial charge is 0.506 e. The van der Waals surface area contributed by atoms with Crippen molar-refractivity contribution < 1.29 is 15.3 Å². The van der Waals surface area contributed by atoms with E-state index in [9.17, 15) is 15.3 Å². The van der Waals surface area contributed by atoms with Gasteiger partial charge in [-0.15, -0.1) is 0 Å². The van der Waals surface area contributed by atoms with Gasteiger partial charge < -0.3 is 15.3 Å². The number of benzene rings is 1. The number of hydrogen-bond acceptors (Lipinski definition) is 7. The molecule has 0 saturated carbocycles. The van der Waals surface area contributed by atoms with Gasteiger partial charge in [0.1, 0.15) is 12.0 Å². The number of pyridine rings is 1. The zero-order chi connectivity index (χ0) is 19.4. The fourth-order valence-corrected chi connectivity index (χ4v) is 4.78. The molecule has 7 nitrogen and oxygen atoms in total. The van der Waals surface area contributed by atoms with E-state index >= 15 is 0 Å². The average molecular weight is 378 g/mol. The standard InChI is InChI=1S/C21H22N4O3/c1-11-20(27)19(14(10-26)7-24-11)21(28)25-8-12-4-13(9-25)16-6-18-17(5-15(12)16)22-2-3-23-18/h2-3,5-7,12-13,21,26-28H,4,8-10H2,1H3/t12?,13?,21-/m1/s1. The highest BCUT2D eigenvalue weighted by atomic mass is 16.3. The van der Waals surface area contributed by atoms with Gasteiger partial charge in [0.25, 0.3) is 0 Å². The smallest absolute Gasteiger partial charge is 0.144 e. The van der Waals surface area contributed by atoms with E-state index in [1.807, 2.05) is 4.90 Å². The number of nitrogens with zero attached hydrogens (tertiary/aromatic N) is 4. The van der Waals surface area contributed by atoms with Gasteiger partial charge in [-0.25, -0.2) is 0 Å². The molecule has 3 N–H and O–H groups in total. The third kappa shape index (κ3) is 2.58. The zero-order valence-corrected chi connectivity index (χ0v) is 15.6. The molecule has 28 heavy (non-hydrogen) atoms. The zero-order valence-electron chi connectivity index (χ0n) is 15.6. The third-order valence-electron chi connectivity index (χ3n) is 6.16. The van der Waals surface area contributed by atoms with Crippen molar-refractivity contribution in [3.8, 4) is 5.75 Å². The molecule has 1 aliphatic heterocycles. The monoisotopic (exact) mass is 378 g/mol. The van der Waals surface area contributed by atoms with Crippen molar-refractivity contribution in [2.24, 2.45) is 0 Å². The molecule has 0 amide bonds. The van der Waals surface area contributed by atoms with Crippen LogP contribution in [0.15, 0.2) is 30.7 Å². The van der Waals surface area contributed by atoms with Crippen molar-refractivity contribution in [3.05, 3.63) is 58.7 Å². The van der Waals surface area contributed by atoms with E-state index in [4.69, 9.17) is 0 Å². The summed E-state index contributed by atoms with van der Waals surface area (Å²) >= 11 is 0. The van der Waals surface area contributed by atoms with Crippen LogP contribution < -0.4 is 0 Å². The molecule has 1 fully saturated rings. The summed E-state index contributed by atoms with van der Waals surface area (Å²) in [5.74, 6) is 0.559. The molecule has 1 aliphatic carbocycles. The van der Waals surface area contributed by atoms with Crippen molar-refractivity contribution in [1.29, 1.82) is 0 Å². The van der Waals surface area contributed by atoms with Crippen LogP contribution >= 0.6 is 0 Å². The Labute approximate surface area is 162 Å². The van der Waals surface area contributed by atoms with Crippen LogP contribution in [-0.4, -0.2) is 48.3 Å². The second-order valence-corrected chi connectivity index (χ2v) is 7.77. The Bertz CT molecular complexity index is 1020. The maximum atomic E-state index is 11.1. The van der Waals surface area contributed by atoms with Crippen molar-refractivity contribution in [1.82, 2.24) is 19.9 Å². The van der Waals surface area contributed by atoms with Crippen LogP contribution in [0.4, 0.5) is 0 Å². The van der Waals surface area contributed by atoms with Gasteiger partial charge in [0.15, 0.2) is 0 Å². The van der Waals surface area contributed by atoms with Crippen LogP contribution in [-0.2, 0) is 6.61 Å². The molecule has 0 spiro atoms. The molecule has 3 heterocycles. The van der Waals surface area contributed by atoms with E-state index in [0.717, 1.165) is 17.5 Å². The Balaban J connectivity index is 1.51. The lowest BCUT2D eigenvalue weighted by atomic mass is 9.94. The van der Waals surface area contributed by atoms with Gasteiger partial charge in [-0.1, -0.05) is 0 Å². The first-order valence-electron chi connectivity index (χ1n) is 9.51. The number of likely N-dealkylation sites (tertiary alicyclic amines) is 1. The Kier molecular flexibility index (Phi) is 4.04. The van der Waals surface area contributed by atoms with Gasteiger partial charge in [-0.2, -0.15) is 0 Å². The van der Waals surface area contributed by atoms with E-state index in [-0.39, 0.29) is 12.4 Å². The minimum atomic E-state index is -0.992. The number of aromatic hydroxyl groups is 1. The van der Waals surface area contributed by atoms with E-state index in [1.54, 1.807) is 19.3 Å². The Morgan fingerprint density at radius 1 is 1.07 bits per heavy atom. The summed E-state index contributed by atoms with van der Waals surface area (Å²) in [6, 6.07) is 4.26. The maximum absolute atomic E-state index is 11.1. The van der Waals surface area contributed by atoms with E-state index < -0.39 is 6.23 Å². The number of aromatic nitrogens is 3. The number of hydrogen-bond donors (Lipinski definition) is 3. The molecule has 144 valence electrons. The lowest BCUT2D eigenvalue weighted by Crippen LogP contribution is -2.38. The summed E-state index contributed by atoms with van der Waals surface area (Å²) in [5.41, 5.74) is 5.60. The second-order valence-electron chi connectivity index (χ2n) is 7.77. The van der Waals surface area contributed by atoms with E-state index in [2.05, 4.69) is 27.1 Å². The van der Waals surface area contributed by atoms with Crippen LogP contribution in [0.1, 0.15) is 52.4 Å². The third-order valence-corrected chi connectivity index (χ3v) is 6.16. The van der Waals surface area contributed by atoms with Gasteiger partial charge in [-0.05, 0) is 48.4 Å². The summed E-state index contributed by atoms with van der Waals surface area (Å²) in [6.07, 6.45) is 4.98. The van der Waals surface area contributed by atoms with E-state index in [0.29, 0.717) is 41.7 Å². The molecule has 3 aromatic rings. The number of aliphatic hydroxyl groups is 2. The molecule has 1 saturated heterocycles. The molecule has 1 aromatic carbocycles. The van der Waals surface area contributed by atoms with Gasteiger partial charge in [0, 0.05) is 42.8 Å². The first-order valence-corrected chi connectivity index (χ1v) is 9.51. The highest BCUT2D eigenvalue weighted by molar-refractivity contribution is 5.77. The highest BCUT2D eigenvalue weighted by Gasteiger charge is 2.41. The first-order chi connectivity index (χ1) is 13.6. The molecule has 3 atom stereocenters. The van der Waals surface area contributed by atoms with Crippen molar-refractivity contribution in [3.63, 3.8) is 0 Å². The predicted octanol–water partition coefficient (Wildman–Crippen LogP) is 2.11. The van der Waals surface area contributed by atoms with E-state index in [1.165, 1.54) is 17.3 Å². The molecule has 7 heteroatoms. The van der Waals surface area contributed by atoms with Gasteiger partial charge in [-0.3, -0.25) is 19.9 Å². The topological polar surface area (TPSA) is 103 Å². The Morgan fingerprint density at radius 3 is 2.25 bits per heavy atom. The lowest BCUT2D eigenvalue weighted by molar-refractivity contribution is -0.0193. The number of aliphatic hydroxyl groups excluding tert-OH is 2. The summed E-state index contributed by atoms with van der Waals surface area (Å²) < 4.78 is 0. The summed E-state index contributed by atoms with van der Waals surface area (Å²) in [7, 11) is 0. The predicted molar refractivity (Wildman–Crippen MR) is 103 cm³/mol. The van der Waals surface area contributed by atoms with Gasteiger partial charge >= 0.3 is 0 Å². The molecule has 2 aromatic heterocycles. The second kappa shape index (κ2) is 6.48. The van der Waals surface area contributed by atoms with Crippen molar-refractivity contribution >= 4 is 11.0 Å². The molecule has 2 unspecified atom stereocenters. The molecular weight excluding hydrogens is 356 g/mol. The fourth-order valence-electron chi connectivity index (χ4n) is 4.78.